The second kappa shape index (κ2) is 6.85. The molecule has 1 saturated heterocycles. The lowest BCUT2D eigenvalue weighted by Crippen LogP contribution is -2.28. The Balaban J connectivity index is 1.52. The van der Waals surface area contributed by atoms with E-state index in [1.807, 2.05) is 48.5 Å². The van der Waals surface area contributed by atoms with Crippen molar-refractivity contribution in [2.75, 3.05) is 13.1 Å². The van der Waals surface area contributed by atoms with E-state index in [1.54, 1.807) is 0 Å². The zero-order chi connectivity index (χ0) is 17.2. The van der Waals surface area contributed by atoms with Gasteiger partial charge in [0.05, 0.1) is 0 Å². The van der Waals surface area contributed by atoms with Gasteiger partial charge in [0.1, 0.15) is 11.3 Å². The van der Waals surface area contributed by atoms with E-state index < -0.39 is 0 Å². The van der Waals surface area contributed by atoms with E-state index in [0.29, 0.717) is 17.2 Å². The second-order valence-corrected chi connectivity index (χ2v) is 6.94. The molecule has 0 radical (unpaired) electrons. The van der Waals surface area contributed by atoms with Gasteiger partial charge in [-0.15, -0.1) is 0 Å². The van der Waals surface area contributed by atoms with Gasteiger partial charge >= 0.3 is 0 Å². The minimum Gasteiger partial charge on any atom is -0.461 e. The van der Waals surface area contributed by atoms with E-state index in [0.717, 1.165) is 29.7 Å². The summed E-state index contributed by atoms with van der Waals surface area (Å²) in [4.78, 5) is 15.1. The van der Waals surface area contributed by atoms with Crippen molar-refractivity contribution >= 4 is 16.8 Å². The molecule has 25 heavy (non-hydrogen) atoms. The normalized spacial score (nSPS) is 18.0. The Bertz CT molecular complexity index is 881. The summed E-state index contributed by atoms with van der Waals surface area (Å²) in [5.41, 5.74) is 2.28. The molecule has 0 spiro atoms. The fourth-order valence-electron chi connectivity index (χ4n) is 3.70. The van der Waals surface area contributed by atoms with Crippen LogP contribution in [0.2, 0.25) is 0 Å². The van der Waals surface area contributed by atoms with Gasteiger partial charge in [0.25, 0.3) is 0 Å². The van der Waals surface area contributed by atoms with E-state index in [4.69, 9.17) is 4.42 Å². The molecule has 2 heterocycles. The van der Waals surface area contributed by atoms with Crippen molar-refractivity contribution in [1.82, 2.24) is 4.90 Å². The van der Waals surface area contributed by atoms with Crippen LogP contribution >= 0.6 is 0 Å². The molecule has 4 rings (SSSR count). The maximum absolute atomic E-state index is 12.6. The van der Waals surface area contributed by atoms with Crippen LogP contribution in [0.4, 0.5) is 0 Å². The number of nitrogens with zero attached hydrogens (tertiary/aromatic N) is 1. The van der Waals surface area contributed by atoms with Gasteiger partial charge in [-0.2, -0.15) is 0 Å². The highest BCUT2D eigenvalue weighted by atomic mass is 16.3. The van der Waals surface area contributed by atoms with Crippen molar-refractivity contribution in [2.45, 2.75) is 32.2 Å². The van der Waals surface area contributed by atoms with Crippen LogP contribution in [0.25, 0.3) is 11.0 Å². The van der Waals surface area contributed by atoms with Gasteiger partial charge in [0, 0.05) is 35.5 Å². The first-order valence-electron chi connectivity index (χ1n) is 9.07. The molecule has 1 unspecified atom stereocenters. The summed E-state index contributed by atoms with van der Waals surface area (Å²) >= 11 is 0. The fourth-order valence-corrected chi connectivity index (χ4v) is 3.70. The molecule has 0 saturated carbocycles. The molecular weight excluding hydrogens is 310 g/mol. The van der Waals surface area contributed by atoms with Crippen molar-refractivity contribution in [3.8, 4) is 0 Å². The fraction of sp³-hybridized carbons (Fsp3) is 0.318. The quantitative estimate of drug-likeness (QED) is 0.635. The molecule has 1 aromatic heterocycles. The Morgan fingerprint density at radius 2 is 1.96 bits per heavy atom. The number of carbonyl (C=O) groups excluding carboxylic acids is 1. The predicted octanol–water partition coefficient (Wildman–Crippen LogP) is 4.69. The average Bonchev–Trinajstić information content (AvgIpc) is 3.24. The van der Waals surface area contributed by atoms with Crippen molar-refractivity contribution < 1.29 is 9.21 Å². The molecule has 1 atom stereocenters. The van der Waals surface area contributed by atoms with Crippen molar-refractivity contribution in [3.05, 3.63) is 71.5 Å². The summed E-state index contributed by atoms with van der Waals surface area (Å²) in [6, 6.07) is 17.9. The third-order valence-electron chi connectivity index (χ3n) is 5.20. The molecule has 2 aromatic carbocycles. The predicted molar refractivity (Wildman–Crippen MR) is 100 cm³/mol. The highest BCUT2D eigenvalue weighted by molar-refractivity contribution is 6.10. The molecular formula is C22H23NO2. The molecule has 3 nitrogen and oxygen atoms in total. The number of ketones is 1. The van der Waals surface area contributed by atoms with Crippen LogP contribution in [0.5, 0.6) is 0 Å². The average molecular weight is 333 g/mol. The number of hydrogen-bond acceptors (Lipinski definition) is 3. The third-order valence-corrected chi connectivity index (χ3v) is 5.20. The molecule has 0 N–H and O–H groups in total. The molecule has 1 aliphatic heterocycles. The Kier molecular flexibility index (Phi) is 4.41. The Labute approximate surface area is 148 Å². The Morgan fingerprint density at radius 1 is 1.12 bits per heavy atom. The van der Waals surface area contributed by atoms with Crippen LogP contribution in [-0.4, -0.2) is 29.8 Å². The number of likely N-dealkylation sites (tertiary alicyclic amines) is 1. The molecule has 0 bridgehead atoms. The highest BCUT2D eigenvalue weighted by Crippen LogP contribution is 2.24. The van der Waals surface area contributed by atoms with Crippen LogP contribution in [0.3, 0.4) is 0 Å². The molecule has 0 aliphatic carbocycles. The Hall–Kier alpha value is -2.39. The van der Waals surface area contributed by atoms with Crippen LogP contribution < -0.4 is 0 Å². The van der Waals surface area contributed by atoms with E-state index in [-0.39, 0.29) is 5.78 Å². The SMILES string of the molecule is CC1CCCN1CCc1cc2cc(C(=O)c3ccccc3)ccc2o1. The van der Waals surface area contributed by atoms with Gasteiger partial charge in [-0.25, -0.2) is 0 Å². The Morgan fingerprint density at radius 3 is 2.72 bits per heavy atom. The lowest BCUT2D eigenvalue weighted by Gasteiger charge is -2.19. The van der Waals surface area contributed by atoms with E-state index >= 15 is 0 Å². The molecule has 128 valence electrons. The summed E-state index contributed by atoms with van der Waals surface area (Å²) in [5.74, 6) is 1.05. The number of fused-ring (bicyclic) bond motifs is 1. The summed E-state index contributed by atoms with van der Waals surface area (Å²) < 4.78 is 5.97. The number of rotatable bonds is 5. The molecule has 1 fully saturated rings. The summed E-state index contributed by atoms with van der Waals surface area (Å²) in [6.07, 6.45) is 3.51. The third kappa shape index (κ3) is 3.38. The zero-order valence-corrected chi connectivity index (χ0v) is 14.6. The number of carbonyl (C=O) groups is 1. The van der Waals surface area contributed by atoms with E-state index in [9.17, 15) is 4.79 Å². The number of furan rings is 1. The van der Waals surface area contributed by atoms with E-state index in [2.05, 4.69) is 17.9 Å². The molecule has 3 heteroatoms. The standard InChI is InChI=1S/C22H23NO2/c1-16-6-5-12-23(16)13-11-20-15-19-14-18(9-10-21(19)25-20)22(24)17-7-3-2-4-8-17/h2-4,7-10,14-16H,5-6,11-13H2,1H3. The minimum absolute atomic E-state index is 0.0520. The molecule has 1 aliphatic rings. The van der Waals surface area contributed by atoms with Gasteiger partial charge < -0.3 is 9.32 Å². The molecule has 0 amide bonds. The van der Waals surface area contributed by atoms with Crippen molar-refractivity contribution in [2.24, 2.45) is 0 Å². The monoisotopic (exact) mass is 333 g/mol. The summed E-state index contributed by atoms with van der Waals surface area (Å²) in [6.45, 7) is 4.53. The van der Waals surface area contributed by atoms with Gasteiger partial charge in [-0.05, 0) is 50.6 Å². The lowest BCUT2D eigenvalue weighted by molar-refractivity contribution is 0.103. The maximum Gasteiger partial charge on any atom is 0.193 e. The first-order valence-corrected chi connectivity index (χ1v) is 9.07. The highest BCUT2D eigenvalue weighted by Gasteiger charge is 2.20. The number of hydrogen-bond donors (Lipinski definition) is 0. The van der Waals surface area contributed by atoms with Crippen molar-refractivity contribution in [3.63, 3.8) is 0 Å². The molecule has 3 aromatic rings. The summed E-state index contributed by atoms with van der Waals surface area (Å²) in [5, 5.41) is 1.01. The maximum atomic E-state index is 12.6. The van der Waals surface area contributed by atoms with E-state index in [1.165, 1.54) is 19.4 Å². The zero-order valence-electron chi connectivity index (χ0n) is 14.6. The first-order chi connectivity index (χ1) is 12.2. The smallest absolute Gasteiger partial charge is 0.193 e. The van der Waals surface area contributed by atoms with Gasteiger partial charge in [-0.3, -0.25) is 4.79 Å². The van der Waals surface area contributed by atoms with Gasteiger partial charge in [0.15, 0.2) is 5.78 Å². The summed E-state index contributed by atoms with van der Waals surface area (Å²) in [7, 11) is 0. The topological polar surface area (TPSA) is 33.5 Å². The minimum atomic E-state index is 0.0520. The van der Waals surface area contributed by atoms with Crippen molar-refractivity contribution in [1.29, 1.82) is 0 Å². The largest absolute Gasteiger partial charge is 0.461 e. The van der Waals surface area contributed by atoms with Crippen LogP contribution in [-0.2, 0) is 6.42 Å². The first kappa shape index (κ1) is 16.1. The number of benzene rings is 2. The van der Waals surface area contributed by atoms with Crippen LogP contribution in [0.15, 0.2) is 59.0 Å². The lowest BCUT2D eigenvalue weighted by atomic mass is 10.0. The second-order valence-electron chi connectivity index (χ2n) is 6.94. The van der Waals surface area contributed by atoms with Crippen LogP contribution in [0, 0.1) is 0 Å². The van der Waals surface area contributed by atoms with Gasteiger partial charge in [-0.1, -0.05) is 30.3 Å². The van der Waals surface area contributed by atoms with Gasteiger partial charge in [0.2, 0.25) is 0 Å². The van der Waals surface area contributed by atoms with Crippen LogP contribution in [0.1, 0.15) is 41.4 Å².